The van der Waals surface area contributed by atoms with Crippen molar-refractivity contribution in [3.63, 3.8) is 0 Å². The number of nitrogens with one attached hydrogen (secondary N) is 1. The molecular formula is C11H13Cl2N3O2. The number of oxime groups is 1. The van der Waals surface area contributed by atoms with Gasteiger partial charge in [0.25, 0.3) is 5.91 Å². The molecule has 1 rings (SSSR count). The lowest BCUT2D eigenvalue weighted by Crippen LogP contribution is -2.34. The van der Waals surface area contributed by atoms with E-state index >= 15 is 0 Å². The van der Waals surface area contributed by atoms with Crippen LogP contribution in [0.1, 0.15) is 17.3 Å². The second kappa shape index (κ2) is 6.47. The van der Waals surface area contributed by atoms with Crippen molar-refractivity contribution in [3.8, 4) is 0 Å². The van der Waals surface area contributed by atoms with Gasteiger partial charge >= 0.3 is 0 Å². The molecule has 18 heavy (non-hydrogen) atoms. The van der Waals surface area contributed by atoms with Crippen molar-refractivity contribution in [1.82, 2.24) is 5.32 Å². The fraction of sp³-hybridized carbons (Fsp3) is 0.273. The third-order valence-corrected chi connectivity index (χ3v) is 3.20. The van der Waals surface area contributed by atoms with E-state index in [0.717, 1.165) is 0 Å². The first-order valence-corrected chi connectivity index (χ1v) is 5.92. The van der Waals surface area contributed by atoms with Crippen LogP contribution in [0.25, 0.3) is 0 Å². The molecule has 0 saturated heterocycles. The summed E-state index contributed by atoms with van der Waals surface area (Å²) < 4.78 is 0. The Hall–Kier alpha value is -1.46. The van der Waals surface area contributed by atoms with E-state index in [4.69, 9.17) is 34.1 Å². The predicted molar refractivity (Wildman–Crippen MR) is 71.4 cm³/mol. The normalized spacial score (nSPS) is 13.2. The molecule has 0 aromatic heterocycles. The zero-order valence-electron chi connectivity index (χ0n) is 9.65. The van der Waals surface area contributed by atoms with Gasteiger partial charge in [0.2, 0.25) is 0 Å². The average Bonchev–Trinajstić information content (AvgIpc) is 2.37. The highest BCUT2D eigenvalue weighted by molar-refractivity contribution is 6.43. The quantitative estimate of drug-likeness (QED) is 0.343. The zero-order chi connectivity index (χ0) is 13.7. The summed E-state index contributed by atoms with van der Waals surface area (Å²) in [5.41, 5.74) is 5.68. The molecular weight excluding hydrogens is 277 g/mol. The summed E-state index contributed by atoms with van der Waals surface area (Å²) >= 11 is 11.7. The Kier molecular flexibility index (Phi) is 5.25. The van der Waals surface area contributed by atoms with E-state index in [1.54, 1.807) is 25.1 Å². The highest BCUT2D eigenvalue weighted by atomic mass is 35.5. The fourth-order valence-electron chi connectivity index (χ4n) is 1.22. The standard InChI is InChI=1S/C11H13Cl2N3O2/c1-6(10(14)16-18)5-15-11(17)7-3-2-4-8(12)9(7)13/h2-4,6,18H,5H2,1H3,(H2,14,16)(H,15,17). The van der Waals surface area contributed by atoms with Crippen LogP contribution in [0.15, 0.2) is 23.4 Å². The molecule has 4 N–H and O–H groups in total. The molecule has 1 aromatic carbocycles. The van der Waals surface area contributed by atoms with Crippen LogP contribution >= 0.6 is 23.2 Å². The van der Waals surface area contributed by atoms with E-state index < -0.39 is 0 Å². The Morgan fingerprint density at radius 1 is 1.56 bits per heavy atom. The maximum Gasteiger partial charge on any atom is 0.252 e. The molecule has 5 nitrogen and oxygen atoms in total. The average molecular weight is 290 g/mol. The first-order chi connectivity index (χ1) is 8.47. The van der Waals surface area contributed by atoms with E-state index in [9.17, 15) is 4.79 Å². The second-order valence-electron chi connectivity index (χ2n) is 3.74. The summed E-state index contributed by atoms with van der Waals surface area (Å²) in [6.07, 6.45) is 0. The van der Waals surface area contributed by atoms with E-state index in [2.05, 4.69) is 10.5 Å². The zero-order valence-corrected chi connectivity index (χ0v) is 11.2. The van der Waals surface area contributed by atoms with Gasteiger partial charge in [0.1, 0.15) is 5.84 Å². The number of amides is 1. The van der Waals surface area contributed by atoms with Gasteiger partial charge in [-0.1, -0.05) is 41.3 Å². The fourth-order valence-corrected chi connectivity index (χ4v) is 1.61. The molecule has 1 unspecified atom stereocenters. The topological polar surface area (TPSA) is 87.7 Å². The van der Waals surface area contributed by atoms with Gasteiger partial charge in [0, 0.05) is 12.5 Å². The Morgan fingerprint density at radius 3 is 2.83 bits per heavy atom. The molecule has 0 fully saturated rings. The molecule has 0 bridgehead atoms. The van der Waals surface area contributed by atoms with Crippen molar-refractivity contribution in [2.75, 3.05) is 6.54 Å². The van der Waals surface area contributed by atoms with E-state index in [1.165, 1.54) is 0 Å². The molecule has 98 valence electrons. The van der Waals surface area contributed by atoms with Crippen LogP contribution in [-0.4, -0.2) is 23.5 Å². The van der Waals surface area contributed by atoms with Crippen LogP contribution in [0.4, 0.5) is 0 Å². The van der Waals surface area contributed by atoms with Crippen LogP contribution in [0.5, 0.6) is 0 Å². The van der Waals surface area contributed by atoms with Crippen LogP contribution in [0.3, 0.4) is 0 Å². The molecule has 0 aliphatic carbocycles. The van der Waals surface area contributed by atoms with Gasteiger partial charge in [-0.25, -0.2) is 0 Å². The number of benzene rings is 1. The smallest absolute Gasteiger partial charge is 0.252 e. The summed E-state index contributed by atoms with van der Waals surface area (Å²) in [7, 11) is 0. The third kappa shape index (κ3) is 3.51. The number of amidine groups is 1. The number of rotatable bonds is 4. The maximum atomic E-state index is 11.8. The Morgan fingerprint density at radius 2 is 2.22 bits per heavy atom. The lowest BCUT2D eigenvalue weighted by atomic mass is 10.1. The first-order valence-electron chi connectivity index (χ1n) is 5.17. The highest BCUT2D eigenvalue weighted by Crippen LogP contribution is 2.25. The molecule has 0 aliphatic heterocycles. The summed E-state index contributed by atoms with van der Waals surface area (Å²) in [5, 5.41) is 14.5. The van der Waals surface area contributed by atoms with Crippen molar-refractivity contribution in [3.05, 3.63) is 33.8 Å². The number of carbonyl (C=O) groups is 1. The van der Waals surface area contributed by atoms with Crippen molar-refractivity contribution >= 4 is 34.9 Å². The van der Waals surface area contributed by atoms with Crippen molar-refractivity contribution in [2.24, 2.45) is 16.8 Å². The number of hydrogen-bond acceptors (Lipinski definition) is 3. The maximum absolute atomic E-state index is 11.8. The molecule has 1 atom stereocenters. The van der Waals surface area contributed by atoms with E-state index in [-0.39, 0.29) is 34.8 Å². The summed E-state index contributed by atoms with van der Waals surface area (Å²) in [4.78, 5) is 11.8. The Labute approximate surface area is 115 Å². The minimum Gasteiger partial charge on any atom is -0.409 e. The summed E-state index contributed by atoms with van der Waals surface area (Å²) in [6, 6.07) is 4.80. The van der Waals surface area contributed by atoms with Crippen LogP contribution < -0.4 is 11.1 Å². The molecule has 7 heteroatoms. The number of carbonyl (C=O) groups excluding carboxylic acids is 1. The molecule has 0 radical (unpaired) electrons. The van der Waals surface area contributed by atoms with Gasteiger partial charge in [-0.05, 0) is 12.1 Å². The largest absolute Gasteiger partial charge is 0.409 e. The van der Waals surface area contributed by atoms with Gasteiger partial charge in [-0.2, -0.15) is 0 Å². The predicted octanol–water partition coefficient (Wildman–Crippen LogP) is 2.11. The molecule has 0 saturated carbocycles. The van der Waals surface area contributed by atoms with Gasteiger partial charge in [0.15, 0.2) is 0 Å². The Balaban J connectivity index is 2.69. The molecule has 0 spiro atoms. The van der Waals surface area contributed by atoms with Gasteiger partial charge in [-0.15, -0.1) is 0 Å². The van der Waals surface area contributed by atoms with Crippen molar-refractivity contribution < 1.29 is 10.0 Å². The van der Waals surface area contributed by atoms with E-state index in [0.29, 0.717) is 5.02 Å². The van der Waals surface area contributed by atoms with Gasteiger partial charge in [-0.3, -0.25) is 4.79 Å². The van der Waals surface area contributed by atoms with Crippen LogP contribution in [-0.2, 0) is 0 Å². The molecule has 1 aromatic rings. The second-order valence-corrected chi connectivity index (χ2v) is 4.52. The van der Waals surface area contributed by atoms with Gasteiger partial charge in [0.05, 0.1) is 15.6 Å². The first kappa shape index (κ1) is 14.6. The summed E-state index contributed by atoms with van der Waals surface area (Å²) in [6.45, 7) is 1.95. The third-order valence-electron chi connectivity index (χ3n) is 2.39. The number of halogens is 2. The Bertz CT molecular complexity index is 477. The SMILES string of the molecule is CC(CNC(=O)c1cccc(Cl)c1Cl)C(N)=NO. The number of hydrogen-bond donors (Lipinski definition) is 3. The summed E-state index contributed by atoms with van der Waals surface area (Å²) in [5.74, 6) is -0.593. The highest BCUT2D eigenvalue weighted by Gasteiger charge is 2.14. The number of nitrogens with zero attached hydrogens (tertiary/aromatic N) is 1. The van der Waals surface area contributed by atoms with Crippen molar-refractivity contribution in [2.45, 2.75) is 6.92 Å². The van der Waals surface area contributed by atoms with Gasteiger partial charge < -0.3 is 16.3 Å². The molecule has 0 aliphatic rings. The monoisotopic (exact) mass is 289 g/mol. The number of nitrogens with two attached hydrogens (primary N) is 1. The minimum absolute atomic E-state index is 0.0486. The van der Waals surface area contributed by atoms with Crippen molar-refractivity contribution in [1.29, 1.82) is 0 Å². The van der Waals surface area contributed by atoms with E-state index in [1.807, 2.05) is 0 Å². The van der Waals surface area contributed by atoms with Crippen LogP contribution in [0.2, 0.25) is 10.0 Å². The minimum atomic E-state index is -0.361. The van der Waals surface area contributed by atoms with Crippen LogP contribution in [0, 0.1) is 5.92 Å². The lowest BCUT2D eigenvalue weighted by molar-refractivity contribution is 0.0951. The molecule has 1 amide bonds. The molecule has 0 heterocycles. The lowest BCUT2D eigenvalue weighted by Gasteiger charge is -2.11.